The second-order valence-corrected chi connectivity index (χ2v) is 5.28. The van der Waals surface area contributed by atoms with Crippen molar-refractivity contribution in [3.63, 3.8) is 0 Å². The predicted molar refractivity (Wildman–Crippen MR) is 55.8 cm³/mol. The van der Waals surface area contributed by atoms with E-state index in [2.05, 4.69) is 13.8 Å². The van der Waals surface area contributed by atoms with Gasteiger partial charge in [0.15, 0.2) is 0 Å². The van der Waals surface area contributed by atoms with E-state index in [9.17, 15) is 4.79 Å². The van der Waals surface area contributed by atoms with Crippen LogP contribution in [-0.4, -0.2) is 5.24 Å². The summed E-state index contributed by atoms with van der Waals surface area (Å²) in [5.41, 5.74) is -0.241. The highest BCUT2D eigenvalue weighted by Crippen LogP contribution is 2.43. The molecule has 1 rings (SSSR count). The fourth-order valence-electron chi connectivity index (χ4n) is 2.28. The molecule has 2 unspecified atom stereocenters. The second-order valence-electron chi connectivity index (χ2n) is 4.93. The molecule has 0 bridgehead atoms. The topological polar surface area (TPSA) is 17.1 Å². The Hall–Kier alpha value is -0.0400. The van der Waals surface area contributed by atoms with Crippen LogP contribution in [0.25, 0.3) is 0 Å². The molecule has 0 aromatic heterocycles. The maximum Gasteiger partial charge on any atom is 0.227 e. The number of halogens is 1. The van der Waals surface area contributed by atoms with Crippen LogP contribution in [0.1, 0.15) is 46.5 Å². The van der Waals surface area contributed by atoms with E-state index >= 15 is 0 Å². The van der Waals surface area contributed by atoms with Crippen LogP contribution >= 0.6 is 11.6 Å². The molecule has 13 heavy (non-hydrogen) atoms. The summed E-state index contributed by atoms with van der Waals surface area (Å²) >= 11 is 5.63. The van der Waals surface area contributed by atoms with Crippen molar-refractivity contribution in [2.45, 2.75) is 46.5 Å². The van der Waals surface area contributed by atoms with Crippen LogP contribution in [0.3, 0.4) is 0 Å². The zero-order chi connectivity index (χ0) is 10.1. The molecule has 0 aromatic rings. The van der Waals surface area contributed by atoms with Gasteiger partial charge in [-0.15, -0.1) is 0 Å². The van der Waals surface area contributed by atoms with Gasteiger partial charge in [0.05, 0.1) is 0 Å². The van der Waals surface area contributed by atoms with E-state index in [-0.39, 0.29) is 10.7 Å². The van der Waals surface area contributed by atoms with Gasteiger partial charge in [-0.1, -0.05) is 33.6 Å². The zero-order valence-electron chi connectivity index (χ0n) is 8.77. The Kier molecular flexibility index (Phi) is 3.39. The number of carbonyl (C=O) groups excluding carboxylic acids is 1. The van der Waals surface area contributed by atoms with Crippen LogP contribution < -0.4 is 0 Å². The van der Waals surface area contributed by atoms with E-state index in [1.165, 1.54) is 6.42 Å². The lowest BCUT2D eigenvalue weighted by molar-refractivity contribution is -0.122. The largest absolute Gasteiger partial charge is 0.281 e. The van der Waals surface area contributed by atoms with E-state index in [1.807, 2.05) is 6.92 Å². The molecule has 0 radical (unpaired) electrons. The van der Waals surface area contributed by atoms with Crippen molar-refractivity contribution in [1.82, 2.24) is 0 Å². The average molecular weight is 203 g/mol. The standard InChI is InChI=1S/C11H19ClO/c1-8(2)9-5-4-6-11(3,7-9)10(12)13/h8-9H,4-7H2,1-3H3. The number of hydrogen-bond donors (Lipinski definition) is 0. The lowest BCUT2D eigenvalue weighted by atomic mass is 9.68. The van der Waals surface area contributed by atoms with Gasteiger partial charge >= 0.3 is 0 Å². The maximum absolute atomic E-state index is 11.3. The monoisotopic (exact) mass is 202 g/mol. The fourth-order valence-corrected chi connectivity index (χ4v) is 2.46. The lowest BCUT2D eigenvalue weighted by Crippen LogP contribution is -2.32. The molecule has 0 aliphatic heterocycles. The molecule has 0 aromatic carbocycles. The number of carbonyl (C=O) groups is 1. The molecule has 1 aliphatic carbocycles. The third-order valence-corrected chi connectivity index (χ3v) is 3.89. The minimum absolute atomic E-state index is 0.141. The molecule has 0 saturated heterocycles. The second kappa shape index (κ2) is 4.00. The molecule has 0 amide bonds. The minimum Gasteiger partial charge on any atom is -0.281 e. The van der Waals surface area contributed by atoms with E-state index in [0.29, 0.717) is 11.8 Å². The summed E-state index contributed by atoms with van der Waals surface area (Å²) in [6, 6.07) is 0. The smallest absolute Gasteiger partial charge is 0.227 e. The van der Waals surface area contributed by atoms with Gasteiger partial charge in [0.1, 0.15) is 0 Å². The van der Waals surface area contributed by atoms with Crippen LogP contribution in [0.2, 0.25) is 0 Å². The van der Waals surface area contributed by atoms with Crippen LogP contribution in [0.4, 0.5) is 0 Å². The summed E-state index contributed by atoms with van der Waals surface area (Å²) in [5, 5.41) is -0.141. The van der Waals surface area contributed by atoms with Crippen molar-refractivity contribution in [2.75, 3.05) is 0 Å². The lowest BCUT2D eigenvalue weighted by Gasteiger charge is -2.37. The molecule has 76 valence electrons. The van der Waals surface area contributed by atoms with Crippen LogP contribution in [0, 0.1) is 17.3 Å². The Morgan fingerprint density at radius 2 is 2.15 bits per heavy atom. The van der Waals surface area contributed by atoms with Crippen LogP contribution in [0.5, 0.6) is 0 Å². The highest BCUT2D eigenvalue weighted by Gasteiger charge is 2.38. The van der Waals surface area contributed by atoms with Crippen molar-refractivity contribution in [2.24, 2.45) is 17.3 Å². The van der Waals surface area contributed by atoms with Gasteiger partial charge in [-0.3, -0.25) is 4.79 Å². The van der Waals surface area contributed by atoms with Crippen LogP contribution in [-0.2, 0) is 4.79 Å². The summed E-state index contributed by atoms with van der Waals surface area (Å²) in [6.07, 6.45) is 4.36. The first-order valence-corrected chi connectivity index (χ1v) is 5.53. The molecule has 0 N–H and O–H groups in total. The summed E-state index contributed by atoms with van der Waals surface area (Å²) < 4.78 is 0. The van der Waals surface area contributed by atoms with Gasteiger partial charge in [0.25, 0.3) is 0 Å². The van der Waals surface area contributed by atoms with Gasteiger partial charge in [0.2, 0.25) is 5.24 Å². The van der Waals surface area contributed by atoms with Crippen molar-refractivity contribution in [1.29, 1.82) is 0 Å². The van der Waals surface area contributed by atoms with Gasteiger partial charge in [0, 0.05) is 5.41 Å². The molecule has 0 heterocycles. The molecule has 2 heteroatoms. The predicted octanol–water partition coefficient (Wildman–Crippen LogP) is 3.60. The number of rotatable bonds is 2. The van der Waals surface area contributed by atoms with Gasteiger partial charge in [-0.05, 0) is 36.3 Å². The Balaban J connectivity index is 2.65. The molecule has 1 aliphatic rings. The summed E-state index contributed by atoms with van der Waals surface area (Å²) in [6.45, 7) is 6.47. The minimum atomic E-state index is -0.241. The number of hydrogen-bond acceptors (Lipinski definition) is 1. The van der Waals surface area contributed by atoms with E-state index in [4.69, 9.17) is 11.6 Å². The van der Waals surface area contributed by atoms with Crippen LogP contribution in [0.15, 0.2) is 0 Å². The highest BCUT2D eigenvalue weighted by atomic mass is 35.5. The third kappa shape index (κ3) is 2.46. The van der Waals surface area contributed by atoms with Crippen molar-refractivity contribution < 1.29 is 4.79 Å². The average Bonchev–Trinajstić information content (AvgIpc) is 2.04. The van der Waals surface area contributed by atoms with E-state index in [0.717, 1.165) is 19.3 Å². The van der Waals surface area contributed by atoms with Gasteiger partial charge < -0.3 is 0 Å². The van der Waals surface area contributed by atoms with Crippen molar-refractivity contribution >= 4 is 16.8 Å². The Morgan fingerprint density at radius 1 is 1.54 bits per heavy atom. The summed E-state index contributed by atoms with van der Waals surface area (Å²) in [7, 11) is 0. The maximum atomic E-state index is 11.3. The molecule has 1 fully saturated rings. The Morgan fingerprint density at radius 3 is 2.62 bits per heavy atom. The first kappa shape index (κ1) is 11.0. The van der Waals surface area contributed by atoms with E-state index < -0.39 is 0 Å². The first-order chi connectivity index (χ1) is 5.96. The molecular weight excluding hydrogens is 184 g/mol. The molecule has 1 saturated carbocycles. The fraction of sp³-hybridized carbons (Fsp3) is 0.909. The summed E-state index contributed by atoms with van der Waals surface area (Å²) in [5.74, 6) is 1.36. The van der Waals surface area contributed by atoms with Crippen molar-refractivity contribution in [3.05, 3.63) is 0 Å². The first-order valence-electron chi connectivity index (χ1n) is 5.15. The molecule has 0 spiro atoms. The molecule has 1 nitrogen and oxygen atoms in total. The van der Waals surface area contributed by atoms with E-state index in [1.54, 1.807) is 0 Å². The Labute approximate surface area is 85.8 Å². The normalized spacial score (nSPS) is 35.0. The summed E-state index contributed by atoms with van der Waals surface area (Å²) in [4.78, 5) is 11.3. The third-order valence-electron chi connectivity index (χ3n) is 3.43. The van der Waals surface area contributed by atoms with Gasteiger partial charge in [-0.2, -0.15) is 0 Å². The van der Waals surface area contributed by atoms with Crippen molar-refractivity contribution in [3.8, 4) is 0 Å². The van der Waals surface area contributed by atoms with Gasteiger partial charge in [-0.25, -0.2) is 0 Å². The SMILES string of the molecule is CC(C)C1CCCC(C)(C(=O)Cl)C1. The quantitative estimate of drug-likeness (QED) is 0.626. The molecule has 2 atom stereocenters. The zero-order valence-corrected chi connectivity index (χ0v) is 9.53. The molecular formula is C11H19ClO. The Bertz CT molecular complexity index is 200. The highest BCUT2D eigenvalue weighted by molar-refractivity contribution is 6.64.